The van der Waals surface area contributed by atoms with Crippen molar-refractivity contribution in [3.63, 3.8) is 0 Å². The SMILES string of the molecule is C=c1c(Cl)c/c(=C\c2ccc(O)c(Cl)c2)c(Cl)c1Cl. The van der Waals surface area contributed by atoms with Crippen LogP contribution in [0.4, 0.5) is 0 Å². The highest BCUT2D eigenvalue weighted by atomic mass is 35.5. The van der Waals surface area contributed by atoms with Crippen LogP contribution in [-0.2, 0) is 0 Å². The summed E-state index contributed by atoms with van der Waals surface area (Å²) in [4.78, 5) is 0. The normalized spacial score (nSPS) is 11.9. The Labute approximate surface area is 130 Å². The largest absolute Gasteiger partial charge is 0.506 e. The van der Waals surface area contributed by atoms with E-state index in [1.807, 2.05) is 0 Å². The van der Waals surface area contributed by atoms with Gasteiger partial charge in [-0.2, -0.15) is 0 Å². The monoisotopic (exact) mass is 332 g/mol. The van der Waals surface area contributed by atoms with E-state index in [4.69, 9.17) is 46.4 Å². The number of hydrogen-bond donors (Lipinski definition) is 1. The lowest BCUT2D eigenvalue weighted by molar-refractivity contribution is 0.475. The first kappa shape index (κ1) is 14.5. The van der Waals surface area contributed by atoms with Gasteiger partial charge < -0.3 is 5.11 Å². The van der Waals surface area contributed by atoms with Gasteiger partial charge in [0.15, 0.2) is 0 Å². The molecule has 0 fully saturated rings. The smallest absolute Gasteiger partial charge is 0.134 e. The van der Waals surface area contributed by atoms with Crippen molar-refractivity contribution in [1.82, 2.24) is 0 Å². The van der Waals surface area contributed by atoms with Gasteiger partial charge in [0.1, 0.15) is 5.75 Å². The molecule has 0 spiro atoms. The average molecular weight is 334 g/mol. The molecule has 0 radical (unpaired) electrons. The van der Waals surface area contributed by atoms with Crippen molar-refractivity contribution in [1.29, 1.82) is 0 Å². The van der Waals surface area contributed by atoms with E-state index in [0.717, 1.165) is 5.56 Å². The third kappa shape index (κ3) is 3.01. The van der Waals surface area contributed by atoms with E-state index < -0.39 is 0 Å². The molecule has 0 heterocycles. The van der Waals surface area contributed by atoms with Crippen molar-refractivity contribution >= 4 is 59.1 Å². The standard InChI is InChI=1S/C14H8Cl4O/c1-7-10(15)6-9(14(18)13(7)17)4-8-2-3-12(19)11(16)5-8/h2-6,19H,1H2/b9-4+. The molecule has 2 aromatic carbocycles. The average Bonchev–Trinajstić information content (AvgIpc) is 2.38. The van der Waals surface area contributed by atoms with Gasteiger partial charge in [-0.05, 0) is 35.1 Å². The second kappa shape index (κ2) is 5.64. The molecule has 98 valence electrons. The number of aromatic hydroxyl groups is 1. The van der Waals surface area contributed by atoms with E-state index in [2.05, 4.69) is 6.58 Å². The van der Waals surface area contributed by atoms with E-state index >= 15 is 0 Å². The topological polar surface area (TPSA) is 20.2 Å². The highest BCUT2D eigenvalue weighted by Crippen LogP contribution is 2.24. The molecular weight excluding hydrogens is 326 g/mol. The highest BCUT2D eigenvalue weighted by Gasteiger charge is 2.05. The lowest BCUT2D eigenvalue weighted by Crippen LogP contribution is -2.12. The van der Waals surface area contributed by atoms with Crippen molar-refractivity contribution in [2.24, 2.45) is 0 Å². The van der Waals surface area contributed by atoms with Crippen LogP contribution in [0.25, 0.3) is 12.7 Å². The zero-order valence-electron chi connectivity index (χ0n) is 9.55. The summed E-state index contributed by atoms with van der Waals surface area (Å²) in [6.45, 7) is 3.74. The van der Waals surface area contributed by atoms with Gasteiger partial charge in [0, 0.05) is 10.2 Å². The Kier molecular flexibility index (Phi) is 4.32. The molecule has 2 rings (SSSR count). The van der Waals surface area contributed by atoms with E-state index in [1.165, 1.54) is 6.07 Å². The van der Waals surface area contributed by atoms with Gasteiger partial charge in [-0.3, -0.25) is 0 Å². The van der Waals surface area contributed by atoms with Crippen LogP contribution in [0.5, 0.6) is 5.75 Å². The second-order valence-corrected chi connectivity index (χ2v) is 5.48. The van der Waals surface area contributed by atoms with Gasteiger partial charge in [0.2, 0.25) is 0 Å². The molecule has 5 heteroatoms. The number of phenols is 1. The molecule has 0 aliphatic rings. The Balaban J connectivity index is 2.67. The fourth-order valence-corrected chi connectivity index (χ4v) is 2.43. The van der Waals surface area contributed by atoms with Crippen LogP contribution >= 0.6 is 46.4 Å². The van der Waals surface area contributed by atoms with Crippen molar-refractivity contribution in [3.05, 3.63) is 60.4 Å². The second-order valence-electron chi connectivity index (χ2n) is 3.91. The highest BCUT2D eigenvalue weighted by molar-refractivity contribution is 6.43. The van der Waals surface area contributed by atoms with Crippen LogP contribution in [0.1, 0.15) is 5.56 Å². The summed E-state index contributed by atoms with van der Waals surface area (Å²) in [7, 11) is 0. The van der Waals surface area contributed by atoms with E-state index in [-0.39, 0.29) is 10.8 Å². The fourth-order valence-electron chi connectivity index (χ4n) is 1.55. The molecule has 0 amide bonds. The van der Waals surface area contributed by atoms with Gasteiger partial charge in [-0.15, -0.1) is 0 Å². The van der Waals surface area contributed by atoms with Crippen molar-refractivity contribution in [3.8, 4) is 5.75 Å². The summed E-state index contributed by atoms with van der Waals surface area (Å²) in [6, 6.07) is 6.50. The molecule has 0 atom stereocenters. The van der Waals surface area contributed by atoms with Gasteiger partial charge >= 0.3 is 0 Å². The van der Waals surface area contributed by atoms with Gasteiger partial charge in [-0.25, -0.2) is 0 Å². The van der Waals surface area contributed by atoms with E-state index in [0.29, 0.717) is 25.5 Å². The molecule has 1 nitrogen and oxygen atoms in total. The molecule has 0 bridgehead atoms. The van der Waals surface area contributed by atoms with Crippen molar-refractivity contribution in [2.75, 3.05) is 0 Å². The van der Waals surface area contributed by atoms with Crippen LogP contribution in [0.15, 0.2) is 24.3 Å². The maximum Gasteiger partial charge on any atom is 0.134 e. The Hall–Kier alpha value is -0.860. The summed E-state index contributed by atoms with van der Waals surface area (Å²) >= 11 is 24.1. The molecule has 0 aliphatic carbocycles. The minimum atomic E-state index is 0.0223. The third-order valence-electron chi connectivity index (χ3n) is 2.58. The van der Waals surface area contributed by atoms with Gasteiger partial charge in [0.05, 0.1) is 15.1 Å². The summed E-state index contributed by atoms with van der Waals surface area (Å²) < 4.78 is 0. The Morgan fingerprint density at radius 3 is 2.26 bits per heavy atom. The van der Waals surface area contributed by atoms with Gasteiger partial charge in [0.25, 0.3) is 0 Å². The lowest BCUT2D eigenvalue weighted by Gasteiger charge is -2.02. The molecule has 19 heavy (non-hydrogen) atoms. The van der Waals surface area contributed by atoms with Crippen LogP contribution < -0.4 is 10.4 Å². The third-order valence-corrected chi connectivity index (χ3v) is 4.14. The minimum Gasteiger partial charge on any atom is -0.506 e. The zero-order chi connectivity index (χ0) is 14.2. The first-order chi connectivity index (χ1) is 8.90. The van der Waals surface area contributed by atoms with E-state index in [1.54, 1.807) is 24.3 Å². The molecule has 0 unspecified atom stereocenters. The summed E-state index contributed by atoms with van der Waals surface area (Å²) in [6.07, 6.45) is 1.77. The van der Waals surface area contributed by atoms with Crippen LogP contribution in [0.3, 0.4) is 0 Å². The number of phenolic OH excluding ortho intramolecular Hbond substituents is 1. The molecular formula is C14H8Cl4O. The zero-order valence-corrected chi connectivity index (χ0v) is 12.6. The first-order valence-corrected chi connectivity index (χ1v) is 6.74. The lowest BCUT2D eigenvalue weighted by atomic mass is 10.1. The first-order valence-electron chi connectivity index (χ1n) is 5.23. The Morgan fingerprint density at radius 1 is 0.947 bits per heavy atom. The van der Waals surface area contributed by atoms with Crippen molar-refractivity contribution in [2.45, 2.75) is 0 Å². The summed E-state index contributed by atoms with van der Waals surface area (Å²) in [5, 5.41) is 11.9. The molecule has 1 N–H and O–H groups in total. The molecule has 2 aromatic rings. The van der Waals surface area contributed by atoms with Crippen LogP contribution in [0.2, 0.25) is 20.1 Å². The maximum atomic E-state index is 9.37. The minimum absolute atomic E-state index is 0.0223. The Bertz CT molecular complexity index is 753. The fraction of sp³-hybridized carbons (Fsp3) is 0. The molecule has 0 saturated carbocycles. The van der Waals surface area contributed by atoms with Crippen LogP contribution in [-0.4, -0.2) is 5.11 Å². The summed E-state index contributed by atoms with van der Waals surface area (Å²) in [5.41, 5.74) is 0.772. The van der Waals surface area contributed by atoms with Crippen LogP contribution in [0, 0.1) is 0 Å². The number of hydrogen-bond acceptors (Lipinski definition) is 1. The quantitative estimate of drug-likeness (QED) is 0.774. The molecule has 0 saturated heterocycles. The maximum absolute atomic E-state index is 9.37. The predicted octanol–water partition coefficient (Wildman–Crippen LogP) is 4.24. The van der Waals surface area contributed by atoms with E-state index in [9.17, 15) is 5.11 Å². The summed E-state index contributed by atoms with van der Waals surface area (Å²) in [5.74, 6) is 0.0223. The number of rotatable bonds is 1. The van der Waals surface area contributed by atoms with Gasteiger partial charge in [-0.1, -0.05) is 59.0 Å². The number of halogens is 4. The Morgan fingerprint density at radius 2 is 1.63 bits per heavy atom. The molecule has 0 aliphatic heterocycles. The van der Waals surface area contributed by atoms with Crippen molar-refractivity contribution < 1.29 is 5.11 Å². The molecule has 0 aromatic heterocycles. The predicted molar refractivity (Wildman–Crippen MR) is 82.9 cm³/mol. The number of benzene rings is 2.